The van der Waals surface area contributed by atoms with E-state index in [1.165, 1.54) is 0 Å². The molecule has 0 saturated heterocycles. The van der Waals surface area contributed by atoms with Gasteiger partial charge in [-0.1, -0.05) is 42.5 Å². The predicted octanol–water partition coefficient (Wildman–Crippen LogP) is 3.33. The summed E-state index contributed by atoms with van der Waals surface area (Å²) >= 11 is 0. The van der Waals surface area contributed by atoms with E-state index in [1.54, 1.807) is 42.5 Å². The molecule has 1 aliphatic carbocycles. The fourth-order valence-electron chi connectivity index (χ4n) is 2.67. The Morgan fingerprint density at radius 2 is 1.67 bits per heavy atom. The van der Waals surface area contributed by atoms with Crippen LogP contribution >= 0.6 is 0 Å². The van der Waals surface area contributed by atoms with Crippen LogP contribution in [0.5, 0.6) is 11.5 Å². The van der Waals surface area contributed by atoms with E-state index >= 15 is 0 Å². The Labute approximate surface area is 123 Å². The molecule has 0 amide bonds. The zero-order valence-corrected chi connectivity index (χ0v) is 11.4. The molecule has 1 unspecified atom stereocenters. The lowest BCUT2D eigenvalue weighted by atomic mass is 9.77. The molecule has 0 heterocycles. The summed E-state index contributed by atoms with van der Waals surface area (Å²) < 4.78 is 0. The van der Waals surface area contributed by atoms with Gasteiger partial charge in [0.05, 0.1) is 0 Å². The average molecular weight is 280 g/mol. The number of hydrogen-bond donors (Lipinski definition) is 3. The van der Waals surface area contributed by atoms with Crippen molar-refractivity contribution in [3.63, 3.8) is 0 Å². The van der Waals surface area contributed by atoms with Crippen molar-refractivity contribution in [3.05, 3.63) is 77.9 Å². The van der Waals surface area contributed by atoms with Crippen LogP contribution in [-0.2, 0) is 5.60 Å². The normalized spacial score (nSPS) is 21.1. The Morgan fingerprint density at radius 1 is 0.905 bits per heavy atom. The molecule has 1 atom stereocenters. The average Bonchev–Trinajstić information content (AvgIpc) is 2.48. The first-order chi connectivity index (χ1) is 10.1. The van der Waals surface area contributed by atoms with Crippen LogP contribution in [0, 0.1) is 0 Å². The number of hydrogen-bond acceptors (Lipinski definition) is 3. The minimum atomic E-state index is -1.17. The first-order valence-corrected chi connectivity index (χ1v) is 6.78. The van der Waals surface area contributed by atoms with Crippen LogP contribution in [0.4, 0.5) is 0 Å². The predicted molar refractivity (Wildman–Crippen MR) is 81.8 cm³/mol. The van der Waals surface area contributed by atoms with E-state index in [2.05, 4.69) is 0 Å². The molecule has 3 N–H and O–H groups in total. The third-order valence-electron chi connectivity index (χ3n) is 3.76. The maximum Gasteiger partial charge on any atom is 0.119 e. The fourth-order valence-corrected chi connectivity index (χ4v) is 2.67. The van der Waals surface area contributed by atoms with Crippen LogP contribution in [-0.4, -0.2) is 15.3 Å². The number of aromatic hydroxyl groups is 2. The van der Waals surface area contributed by atoms with E-state index in [9.17, 15) is 15.3 Å². The largest absolute Gasteiger partial charge is 0.508 e. The molecule has 3 heteroatoms. The van der Waals surface area contributed by atoms with Crippen LogP contribution in [0.25, 0.3) is 5.57 Å². The summed E-state index contributed by atoms with van der Waals surface area (Å²) in [4.78, 5) is 0. The molecule has 2 aromatic carbocycles. The van der Waals surface area contributed by atoms with E-state index in [0.717, 1.165) is 11.1 Å². The van der Waals surface area contributed by atoms with E-state index in [-0.39, 0.29) is 11.5 Å². The van der Waals surface area contributed by atoms with Crippen molar-refractivity contribution in [2.45, 2.75) is 12.0 Å². The summed E-state index contributed by atoms with van der Waals surface area (Å²) in [7, 11) is 0. The maximum absolute atomic E-state index is 11.2. The Kier molecular flexibility index (Phi) is 3.28. The third kappa shape index (κ3) is 2.43. The van der Waals surface area contributed by atoms with Crippen molar-refractivity contribution in [2.24, 2.45) is 0 Å². The molecule has 2 aromatic rings. The summed E-state index contributed by atoms with van der Waals surface area (Å²) in [6.45, 7) is 0. The highest BCUT2D eigenvalue weighted by molar-refractivity contribution is 5.77. The Hall–Kier alpha value is -2.52. The summed E-state index contributed by atoms with van der Waals surface area (Å²) in [5.41, 5.74) is 1.04. The molecule has 1 aliphatic rings. The number of allylic oxidation sites excluding steroid dienone is 2. The van der Waals surface area contributed by atoms with E-state index in [0.29, 0.717) is 12.0 Å². The number of phenols is 2. The highest BCUT2D eigenvalue weighted by Gasteiger charge is 2.34. The van der Waals surface area contributed by atoms with Crippen molar-refractivity contribution in [1.82, 2.24) is 0 Å². The number of phenolic OH excluding ortho intramolecular Hbond substituents is 2. The molecule has 0 fully saturated rings. The van der Waals surface area contributed by atoms with Gasteiger partial charge in [-0.25, -0.2) is 0 Å². The highest BCUT2D eigenvalue weighted by Crippen LogP contribution is 2.42. The van der Waals surface area contributed by atoms with Gasteiger partial charge in [0.2, 0.25) is 0 Å². The minimum absolute atomic E-state index is 0.163. The maximum atomic E-state index is 11.2. The standard InChI is InChI=1S/C18H16O3/c19-15-9-7-14(8-10-15)18(21)11-2-1-6-17(18)13-4-3-5-16(20)12-13/h1-10,12,19-21H,11H2. The topological polar surface area (TPSA) is 60.7 Å². The molecular weight excluding hydrogens is 264 g/mol. The lowest BCUT2D eigenvalue weighted by molar-refractivity contribution is 0.103. The number of benzene rings is 2. The highest BCUT2D eigenvalue weighted by atomic mass is 16.3. The Balaban J connectivity index is 2.10. The Bertz CT molecular complexity index is 713. The molecular formula is C18H16O3. The Morgan fingerprint density at radius 3 is 2.38 bits per heavy atom. The van der Waals surface area contributed by atoms with Gasteiger partial charge in [-0.2, -0.15) is 0 Å². The second-order valence-corrected chi connectivity index (χ2v) is 5.17. The molecule has 21 heavy (non-hydrogen) atoms. The molecule has 0 spiro atoms. The third-order valence-corrected chi connectivity index (χ3v) is 3.76. The van der Waals surface area contributed by atoms with Gasteiger partial charge in [0.15, 0.2) is 0 Å². The zero-order valence-electron chi connectivity index (χ0n) is 11.4. The van der Waals surface area contributed by atoms with Crippen molar-refractivity contribution in [2.75, 3.05) is 0 Å². The first kappa shape index (κ1) is 13.5. The smallest absolute Gasteiger partial charge is 0.119 e. The van der Waals surface area contributed by atoms with Crippen LogP contribution in [0.3, 0.4) is 0 Å². The van der Waals surface area contributed by atoms with Gasteiger partial charge in [-0.3, -0.25) is 0 Å². The zero-order chi connectivity index (χ0) is 14.9. The second kappa shape index (κ2) is 5.11. The van der Waals surface area contributed by atoms with Gasteiger partial charge in [-0.15, -0.1) is 0 Å². The summed E-state index contributed by atoms with van der Waals surface area (Å²) in [6, 6.07) is 13.4. The molecule has 106 valence electrons. The monoisotopic (exact) mass is 280 g/mol. The van der Waals surface area contributed by atoms with Crippen molar-refractivity contribution < 1.29 is 15.3 Å². The lowest BCUT2D eigenvalue weighted by Gasteiger charge is -2.33. The molecule has 0 aliphatic heterocycles. The number of aliphatic hydroxyl groups is 1. The SMILES string of the molecule is Oc1ccc(C2(O)CC=CC=C2c2cccc(O)c2)cc1. The molecule has 0 saturated carbocycles. The number of rotatable bonds is 2. The molecule has 0 radical (unpaired) electrons. The summed E-state index contributed by atoms with van der Waals surface area (Å²) in [5.74, 6) is 0.326. The van der Waals surface area contributed by atoms with Crippen LogP contribution in [0.1, 0.15) is 17.5 Å². The molecule has 3 rings (SSSR count). The van der Waals surface area contributed by atoms with Crippen LogP contribution in [0.15, 0.2) is 66.8 Å². The van der Waals surface area contributed by atoms with E-state index in [4.69, 9.17) is 0 Å². The summed E-state index contributed by atoms with van der Waals surface area (Å²) in [5, 5.41) is 30.2. The van der Waals surface area contributed by atoms with Gasteiger partial charge in [0.1, 0.15) is 17.1 Å². The van der Waals surface area contributed by atoms with Crippen molar-refractivity contribution in [3.8, 4) is 11.5 Å². The second-order valence-electron chi connectivity index (χ2n) is 5.17. The quantitative estimate of drug-likeness (QED) is 0.790. The van der Waals surface area contributed by atoms with Crippen LogP contribution in [0.2, 0.25) is 0 Å². The fraction of sp³-hybridized carbons (Fsp3) is 0.111. The van der Waals surface area contributed by atoms with Crippen molar-refractivity contribution in [1.29, 1.82) is 0 Å². The first-order valence-electron chi connectivity index (χ1n) is 6.78. The van der Waals surface area contributed by atoms with E-state index in [1.807, 2.05) is 24.3 Å². The van der Waals surface area contributed by atoms with Gasteiger partial charge in [0, 0.05) is 6.42 Å². The van der Waals surface area contributed by atoms with Gasteiger partial charge >= 0.3 is 0 Å². The lowest BCUT2D eigenvalue weighted by Crippen LogP contribution is -2.28. The minimum Gasteiger partial charge on any atom is -0.508 e. The van der Waals surface area contributed by atoms with E-state index < -0.39 is 5.60 Å². The van der Waals surface area contributed by atoms with Crippen molar-refractivity contribution >= 4 is 5.57 Å². The van der Waals surface area contributed by atoms with Gasteiger partial charge in [0.25, 0.3) is 0 Å². The summed E-state index contributed by atoms with van der Waals surface area (Å²) in [6.07, 6.45) is 6.10. The molecule has 0 bridgehead atoms. The molecule has 0 aromatic heterocycles. The van der Waals surface area contributed by atoms with Crippen LogP contribution < -0.4 is 0 Å². The van der Waals surface area contributed by atoms with Gasteiger partial charge in [-0.05, 0) is 41.0 Å². The molecule has 3 nitrogen and oxygen atoms in total. The van der Waals surface area contributed by atoms with Gasteiger partial charge < -0.3 is 15.3 Å².